The van der Waals surface area contributed by atoms with Crippen LogP contribution >= 0.6 is 23.2 Å². The lowest BCUT2D eigenvalue weighted by atomic mass is 10.2. The van der Waals surface area contributed by atoms with Gasteiger partial charge in [0.25, 0.3) is 0 Å². The molecule has 0 aliphatic carbocycles. The molecule has 0 bridgehead atoms. The molecule has 0 unspecified atom stereocenters. The summed E-state index contributed by atoms with van der Waals surface area (Å²) in [5, 5.41) is 3.45. The molecule has 0 aliphatic heterocycles. The van der Waals surface area contributed by atoms with E-state index in [0.717, 1.165) is 5.56 Å². The van der Waals surface area contributed by atoms with Crippen LogP contribution in [0.5, 0.6) is 5.75 Å². The van der Waals surface area contributed by atoms with Crippen molar-refractivity contribution in [2.24, 2.45) is 0 Å². The molecule has 0 aliphatic rings. The van der Waals surface area contributed by atoms with E-state index in [1.807, 2.05) is 0 Å². The topological polar surface area (TPSA) is 84.5 Å². The molecule has 1 atom stereocenters. The molecule has 0 aromatic heterocycles. The maximum absolute atomic E-state index is 12.5. The molecular weight excluding hydrogens is 411 g/mol. The average molecular weight is 431 g/mol. The molecule has 9 heteroatoms. The van der Waals surface area contributed by atoms with Crippen LogP contribution in [0.15, 0.2) is 47.4 Å². The molecule has 146 valence electrons. The third-order valence-corrected chi connectivity index (χ3v) is 5.70. The van der Waals surface area contributed by atoms with Crippen molar-refractivity contribution in [2.45, 2.75) is 31.3 Å². The van der Waals surface area contributed by atoms with E-state index in [1.54, 1.807) is 31.2 Å². The normalized spacial score (nSPS) is 12.4. The molecular formula is C18H20Cl2N2O4S. The van der Waals surface area contributed by atoms with Crippen molar-refractivity contribution >= 4 is 39.1 Å². The van der Waals surface area contributed by atoms with Crippen molar-refractivity contribution < 1.29 is 17.9 Å². The highest BCUT2D eigenvalue weighted by Crippen LogP contribution is 2.27. The quantitative estimate of drug-likeness (QED) is 0.671. The number of nitrogens with one attached hydrogen (secondary N) is 2. The Labute approximate surface area is 168 Å². The molecule has 2 aromatic carbocycles. The van der Waals surface area contributed by atoms with E-state index in [9.17, 15) is 13.2 Å². The number of rotatable bonds is 8. The number of amides is 1. The molecule has 1 amide bonds. The SMILES string of the molecule is CCOc1ccc(S(=O)(=O)N[C@@H](C)C(=O)NCc2ccc(Cl)cc2)cc1Cl. The summed E-state index contributed by atoms with van der Waals surface area (Å²) < 4.78 is 32.6. The van der Waals surface area contributed by atoms with Gasteiger partial charge in [0.15, 0.2) is 0 Å². The second-order valence-corrected chi connectivity index (χ2v) is 8.27. The summed E-state index contributed by atoms with van der Waals surface area (Å²) >= 11 is 11.8. The van der Waals surface area contributed by atoms with Gasteiger partial charge in [-0.25, -0.2) is 8.42 Å². The summed E-state index contributed by atoms with van der Waals surface area (Å²) in [6.07, 6.45) is 0. The number of hydrogen-bond donors (Lipinski definition) is 2. The Morgan fingerprint density at radius 2 is 1.81 bits per heavy atom. The highest BCUT2D eigenvalue weighted by Gasteiger charge is 2.22. The van der Waals surface area contributed by atoms with E-state index in [-0.39, 0.29) is 16.5 Å². The van der Waals surface area contributed by atoms with Gasteiger partial charge < -0.3 is 10.1 Å². The number of benzene rings is 2. The maximum Gasteiger partial charge on any atom is 0.241 e. The van der Waals surface area contributed by atoms with Gasteiger partial charge in [0.2, 0.25) is 15.9 Å². The van der Waals surface area contributed by atoms with E-state index in [2.05, 4.69) is 10.0 Å². The van der Waals surface area contributed by atoms with Crippen LogP contribution in [-0.4, -0.2) is 27.0 Å². The zero-order chi connectivity index (χ0) is 20.0. The first kappa shape index (κ1) is 21.5. The van der Waals surface area contributed by atoms with Gasteiger partial charge in [-0.15, -0.1) is 0 Å². The van der Waals surface area contributed by atoms with E-state index in [1.165, 1.54) is 25.1 Å². The van der Waals surface area contributed by atoms with Crippen molar-refractivity contribution in [2.75, 3.05) is 6.61 Å². The van der Waals surface area contributed by atoms with Gasteiger partial charge in [0.05, 0.1) is 22.6 Å². The van der Waals surface area contributed by atoms with Crippen molar-refractivity contribution in [3.05, 3.63) is 58.1 Å². The lowest BCUT2D eigenvalue weighted by Crippen LogP contribution is -2.44. The van der Waals surface area contributed by atoms with Crippen LogP contribution in [0.2, 0.25) is 10.0 Å². The Morgan fingerprint density at radius 1 is 1.15 bits per heavy atom. The van der Waals surface area contributed by atoms with E-state index < -0.39 is 22.0 Å². The standard InChI is InChI=1S/C18H20Cl2N2O4S/c1-3-26-17-9-8-15(10-16(17)20)27(24,25)22-12(2)18(23)21-11-13-4-6-14(19)7-5-13/h4-10,12,22H,3,11H2,1-2H3,(H,21,23)/t12-/m0/s1. The maximum atomic E-state index is 12.5. The first-order chi connectivity index (χ1) is 12.7. The Kier molecular flexibility index (Phi) is 7.49. The van der Waals surface area contributed by atoms with Gasteiger partial charge in [0.1, 0.15) is 5.75 Å². The number of carbonyl (C=O) groups excluding carboxylic acids is 1. The molecule has 0 fully saturated rings. The Bertz CT molecular complexity index is 902. The number of carbonyl (C=O) groups is 1. The third-order valence-electron chi connectivity index (χ3n) is 3.62. The van der Waals surface area contributed by atoms with Crippen LogP contribution in [-0.2, 0) is 21.4 Å². The van der Waals surface area contributed by atoms with Gasteiger partial charge in [-0.05, 0) is 49.7 Å². The first-order valence-electron chi connectivity index (χ1n) is 8.19. The fourth-order valence-electron chi connectivity index (χ4n) is 2.22. The summed E-state index contributed by atoms with van der Waals surface area (Å²) in [6.45, 7) is 3.93. The number of ether oxygens (including phenoxy) is 1. The van der Waals surface area contributed by atoms with Crippen LogP contribution < -0.4 is 14.8 Å². The minimum Gasteiger partial charge on any atom is -0.492 e. The molecule has 0 heterocycles. The number of halogens is 2. The summed E-state index contributed by atoms with van der Waals surface area (Å²) in [7, 11) is -3.92. The van der Waals surface area contributed by atoms with Crippen LogP contribution in [0.25, 0.3) is 0 Å². The molecule has 2 aromatic rings. The molecule has 0 saturated heterocycles. The molecule has 27 heavy (non-hydrogen) atoms. The summed E-state index contributed by atoms with van der Waals surface area (Å²) in [5.41, 5.74) is 0.848. The van der Waals surface area contributed by atoms with Gasteiger partial charge in [-0.1, -0.05) is 35.3 Å². The highest BCUT2D eigenvalue weighted by molar-refractivity contribution is 7.89. The summed E-state index contributed by atoms with van der Waals surface area (Å²) in [6, 6.07) is 10.2. The minimum absolute atomic E-state index is 0.0479. The number of hydrogen-bond acceptors (Lipinski definition) is 4. The van der Waals surface area contributed by atoms with Crippen LogP contribution in [0.1, 0.15) is 19.4 Å². The van der Waals surface area contributed by atoms with E-state index in [0.29, 0.717) is 17.4 Å². The fraction of sp³-hybridized carbons (Fsp3) is 0.278. The lowest BCUT2D eigenvalue weighted by Gasteiger charge is -2.15. The monoisotopic (exact) mass is 430 g/mol. The molecule has 0 radical (unpaired) electrons. The van der Waals surface area contributed by atoms with Crippen molar-refractivity contribution in [3.8, 4) is 5.75 Å². The predicted octanol–water partition coefficient (Wildman–Crippen LogP) is 3.38. The smallest absolute Gasteiger partial charge is 0.241 e. The van der Waals surface area contributed by atoms with E-state index >= 15 is 0 Å². The predicted molar refractivity (Wildman–Crippen MR) is 106 cm³/mol. The van der Waals surface area contributed by atoms with Gasteiger partial charge >= 0.3 is 0 Å². The van der Waals surface area contributed by atoms with Gasteiger partial charge in [-0.3, -0.25) is 4.79 Å². The molecule has 0 spiro atoms. The summed E-state index contributed by atoms with van der Waals surface area (Å²) in [4.78, 5) is 12.1. The Balaban J connectivity index is 2.00. The highest BCUT2D eigenvalue weighted by atomic mass is 35.5. The Morgan fingerprint density at radius 3 is 2.41 bits per heavy atom. The first-order valence-corrected chi connectivity index (χ1v) is 10.4. The largest absolute Gasteiger partial charge is 0.492 e. The molecule has 6 nitrogen and oxygen atoms in total. The van der Waals surface area contributed by atoms with Gasteiger partial charge in [-0.2, -0.15) is 4.72 Å². The van der Waals surface area contributed by atoms with Crippen molar-refractivity contribution in [1.82, 2.24) is 10.0 Å². The average Bonchev–Trinajstić information content (AvgIpc) is 2.62. The van der Waals surface area contributed by atoms with Crippen LogP contribution in [0.3, 0.4) is 0 Å². The van der Waals surface area contributed by atoms with E-state index in [4.69, 9.17) is 27.9 Å². The lowest BCUT2D eigenvalue weighted by molar-refractivity contribution is -0.122. The Hall–Kier alpha value is -1.80. The summed E-state index contributed by atoms with van der Waals surface area (Å²) in [5.74, 6) is -0.0579. The fourth-order valence-corrected chi connectivity index (χ4v) is 3.87. The molecule has 2 rings (SSSR count). The third kappa shape index (κ3) is 6.10. The van der Waals surface area contributed by atoms with Crippen LogP contribution in [0, 0.1) is 0 Å². The molecule has 2 N–H and O–H groups in total. The van der Waals surface area contributed by atoms with Crippen molar-refractivity contribution in [3.63, 3.8) is 0 Å². The van der Waals surface area contributed by atoms with Crippen molar-refractivity contribution in [1.29, 1.82) is 0 Å². The number of sulfonamides is 1. The second kappa shape index (κ2) is 9.41. The molecule has 0 saturated carbocycles. The second-order valence-electron chi connectivity index (χ2n) is 5.71. The van der Waals surface area contributed by atoms with Crippen LogP contribution in [0.4, 0.5) is 0 Å². The zero-order valence-corrected chi connectivity index (χ0v) is 17.2. The zero-order valence-electron chi connectivity index (χ0n) is 14.8. The minimum atomic E-state index is -3.92. The van der Waals surface area contributed by atoms with Gasteiger partial charge in [0, 0.05) is 11.6 Å².